The standard InChI is InChI=1S/C20H23N5O3S2/c1-14(29)21-12-16-13-25(20(26)28-16)15-4-5-18(22-11-15)23-6-8-24(9-7-23)19(30)17-3-2-10-27-17/h2-5,10-11,16H,6-9,12-13H2,1H3,(H,21,29). The van der Waals surface area contributed by atoms with Gasteiger partial charge in [0.2, 0.25) is 0 Å². The molecule has 1 amide bonds. The summed E-state index contributed by atoms with van der Waals surface area (Å²) < 4.78 is 10.8. The van der Waals surface area contributed by atoms with Crippen molar-refractivity contribution in [3.8, 4) is 0 Å². The summed E-state index contributed by atoms with van der Waals surface area (Å²) in [4.78, 5) is 24.1. The number of carbonyl (C=O) groups is 1. The molecule has 1 N–H and O–H groups in total. The summed E-state index contributed by atoms with van der Waals surface area (Å²) in [6.45, 7) is 6.00. The first kappa shape index (κ1) is 20.5. The van der Waals surface area contributed by atoms with Crippen molar-refractivity contribution >= 4 is 52.0 Å². The average molecular weight is 446 g/mol. The van der Waals surface area contributed by atoms with E-state index in [9.17, 15) is 4.79 Å². The second-order valence-electron chi connectivity index (χ2n) is 7.18. The Morgan fingerprint density at radius 3 is 2.67 bits per heavy atom. The van der Waals surface area contributed by atoms with Crippen molar-refractivity contribution in [3.05, 3.63) is 42.5 Å². The average Bonchev–Trinajstić information content (AvgIpc) is 3.42. The molecule has 0 spiro atoms. The molecule has 2 aliphatic rings. The van der Waals surface area contributed by atoms with E-state index in [2.05, 4.69) is 20.1 Å². The van der Waals surface area contributed by atoms with Crippen molar-refractivity contribution in [1.82, 2.24) is 15.2 Å². The molecule has 2 aliphatic heterocycles. The maximum atomic E-state index is 12.2. The molecule has 0 radical (unpaired) electrons. The Morgan fingerprint density at radius 2 is 2.03 bits per heavy atom. The van der Waals surface area contributed by atoms with Crippen LogP contribution in [0, 0.1) is 0 Å². The zero-order valence-electron chi connectivity index (χ0n) is 16.6. The molecule has 1 unspecified atom stereocenters. The molecule has 0 aromatic carbocycles. The Hall–Kier alpha value is -2.72. The molecule has 2 fully saturated rings. The SMILES string of the molecule is CC(=S)NCC1CN(c2ccc(N3CCN(C(=S)c4ccco4)CC3)nc2)C(=O)O1. The number of amides is 1. The number of nitrogens with zero attached hydrogens (tertiary/aromatic N) is 4. The minimum Gasteiger partial charge on any atom is -0.462 e. The molecule has 0 aliphatic carbocycles. The lowest BCUT2D eigenvalue weighted by Crippen LogP contribution is -2.48. The highest BCUT2D eigenvalue weighted by atomic mass is 32.1. The van der Waals surface area contributed by atoms with Crippen LogP contribution in [0.4, 0.5) is 16.3 Å². The zero-order valence-corrected chi connectivity index (χ0v) is 18.2. The second kappa shape index (κ2) is 8.97. The quantitative estimate of drug-likeness (QED) is 0.699. The predicted molar refractivity (Wildman–Crippen MR) is 122 cm³/mol. The van der Waals surface area contributed by atoms with Crippen LogP contribution in [-0.4, -0.2) is 71.3 Å². The van der Waals surface area contributed by atoms with Gasteiger partial charge in [0.1, 0.15) is 16.9 Å². The Balaban J connectivity index is 1.33. The van der Waals surface area contributed by atoms with E-state index in [1.165, 1.54) is 0 Å². The van der Waals surface area contributed by atoms with Crippen molar-refractivity contribution in [2.75, 3.05) is 49.1 Å². The van der Waals surface area contributed by atoms with Crippen LogP contribution in [0.5, 0.6) is 0 Å². The number of hydrogen-bond donors (Lipinski definition) is 1. The topological polar surface area (TPSA) is 74.1 Å². The summed E-state index contributed by atoms with van der Waals surface area (Å²) in [7, 11) is 0. The maximum absolute atomic E-state index is 12.2. The van der Waals surface area contributed by atoms with E-state index in [1.54, 1.807) is 24.3 Å². The normalized spacial score (nSPS) is 19.0. The smallest absolute Gasteiger partial charge is 0.414 e. The highest BCUT2D eigenvalue weighted by Gasteiger charge is 2.32. The van der Waals surface area contributed by atoms with E-state index in [0.717, 1.165) is 48.4 Å². The number of cyclic esters (lactones) is 1. The van der Waals surface area contributed by atoms with Crippen LogP contribution in [0.1, 0.15) is 12.7 Å². The van der Waals surface area contributed by atoms with Gasteiger partial charge < -0.3 is 24.3 Å². The van der Waals surface area contributed by atoms with Crippen molar-refractivity contribution in [1.29, 1.82) is 0 Å². The Morgan fingerprint density at radius 1 is 1.23 bits per heavy atom. The number of hydrogen-bond acceptors (Lipinski definition) is 7. The van der Waals surface area contributed by atoms with Crippen LogP contribution in [0.2, 0.25) is 0 Å². The molecule has 0 saturated carbocycles. The van der Waals surface area contributed by atoms with E-state index >= 15 is 0 Å². The van der Waals surface area contributed by atoms with Gasteiger partial charge in [-0.15, -0.1) is 0 Å². The predicted octanol–water partition coefficient (Wildman–Crippen LogP) is 2.43. The van der Waals surface area contributed by atoms with Gasteiger partial charge in [-0.2, -0.15) is 0 Å². The van der Waals surface area contributed by atoms with E-state index in [0.29, 0.717) is 18.1 Å². The molecular formula is C20H23N5O3S2. The highest BCUT2D eigenvalue weighted by Crippen LogP contribution is 2.23. The number of thiocarbonyl (C=S) groups is 2. The number of nitrogens with one attached hydrogen (secondary N) is 1. The van der Waals surface area contributed by atoms with Gasteiger partial charge in [-0.05, 0) is 31.2 Å². The summed E-state index contributed by atoms with van der Waals surface area (Å²) in [5.41, 5.74) is 0.725. The van der Waals surface area contributed by atoms with Gasteiger partial charge in [-0.1, -0.05) is 24.4 Å². The molecule has 158 valence electrons. The Labute approximate surface area is 185 Å². The van der Waals surface area contributed by atoms with Crippen LogP contribution in [0.3, 0.4) is 0 Å². The number of aromatic nitrogens is 1. The fraction of sp³-hybridized carbons (Fsp3) is 0.400. The van der Waals surface area contributed by atoms with Crippen LogP contribution in [0.15, 0.2) is 41.1 Å². The molecule has 8 nitrogen and oxygen atoms in total. The molecule has 2 aromatic heterocycles. The van der Waals surface area contributed by atoms with Crippen LogP contribution < -0.4 is 15.1 Å². The fourth-order valence-corrected chi connectivity index (χ4v) is 3.90. The van der Waals surface area contributed by atoms with E-state index in [4.69, 9.17) is 33.6 Å². The third-order valence-electron chi connectivity index (χ3n) is 5.12. The first-order valence-corrected chi connectivity index (χ1v) is 10.6. The first-order chi connectivity index (χ1) is 14.5. The second-order valence-corrected chi connectivity index (χ2v) is 8.18. The molecule has 2 saturated heterocycles. The third kappa shape index (κ3) is 4.54. The number of carbonyl (C=O) groups excluding carboxylic acids is 1. The van der Waals surface area contributed by atoms with Crippen molar-refractivity contribution in [3.63, 3.8) is 0 Å². The number of ether oxygens (including phenoxy) is 1. The highest BCUT2D eigenvalue weighted by molar-refractivity contribution is 7.80. The molecular weight excluding hydrogens is 422 g/mol. The maximum Gasteiger partial charge on any atom is 0.414 e. The largest absolute Gasteiger partial charge is 0.462 e. The number of anilines is 2. The van der Waals surface area contributed by atoms with Gasteiger partial charge in [-0.25, -0.2) is 9.78 Å². The molecule has 30 heavy (non-hydrogen) atoms. The first-order valence-electron chi connectivity index (χ1n) is 9.77. The summed E-state index contributed by atoms with van der Waals surface area (Å²) >= 11 is 10.5. The molecule has 10 heteroatoms. The van der Waals surface area contributed by atoms with E-state index in [1.807, 2.05) is 24.3 Å². The zero-order chi connectivity index (χ0) is 21.1. The number of rotatable bonds is 5. The van der Waals surface area contributed by atoms with E-state index in [-0.39, 0.29) is 12.2 Å². The van der Waals surface area contributed by atoms with Gasteiger partial charge in [0.05, 0.1) is 36.2 Å². The lowest BCUT2D eigenvalue weighted by atomic mass is 10.2. The monoisotopic (exact) mass is 445 g/mol. The third-order valence-corrected chi connectivity index (χ3v) is 5.72. The molecule has 1 atom stereocenters. The molecule has 4 rings (SSSR count). The number of pyridine rings is 1. The Kier molecular flexibility index (Phi) is 6.14. The van der Waals surface area contributed by atoms with Crippen molar-refractivity contribution < 1.29 is 13.9 Å². The molecule has 4 heterocycles. The van der Waals surface area contributed by atoms with Gasteiger partial charge >= 0.3 is 6.09 Å². The van der Waals surface area contributed by atoms with Gasteiger partial charge in [0, 0.05) is 26.2 Å². The van der Waals surface area contributed by atoms with Crippen molar-refractivity contribution in [2.45, 2.75) is 13.0 Å². The summed E-state index contributed by atoms with van der Waals surface area (Å²) in [5, 5.41) is 3.04. The summed E-state index contributed by atoms with van der Waals surface area (Å²) in [5.74, 6) is 1.61. The fourth-order valence-electron chi connectivity index (χ4n) is 3.52. The lowest BCUT2D eigenvalue weighted by molar-refractivity contribution is 0.143. The van der Waals surface area contributed by atoms with Crippen LogP contribution >= 0.6 is 24.4 Å². The number of piperazine rings is 1. The summed E-state index contributed by atoms with van der Waals surface area (Å²) in [6.07, 6.45) is 2.76. The van der Waals surface area contributed by atoms with E-state index < -0.39 is 0 Å². The minimum atomic E-state index is -0.363. The van der Waals surface area contributed by atoms with Gasteiger partial charge in [-0.3, -0.25) is 4.90 Å². The Bertz CT molecular complexity index is 911. The van der Waals surface area contributed by atoms with Gasteiger partial charge in [0.25, 0.3) is 0 Å². The number of furan rings is 1. The lowest BCUT2D eigenvalue weighted by Gasteiger charge is -2.36. The van der Waals surface area contributed by atoms with Crippen LogP contribution in [0.25, 0.3) is 0 Å². The minimum absolute atomic E-state index is 0.235. The van der Waals surface area contributed by atoms with Crippen LogP contribution in [-0.2, 0) is 4.74 Å². The molecule has 2 aromatic rings. The summed E-state index contributed by atoms with van der Waals surface area (Å²) in [6, 6.07) is 7.58. The molecule has 0 bridgehead atoms. The van der Waals surface area contributed by atoms with Gasteiger partial charge in [0.15, 0.2) is 5.76 Å². The van der Waals surface area contributed by atoms with Crippen molar-refractivity contribution in [2.24, 2.45) is 0 Å².